The molecule has 0 aliphatic carbocycles. The zero-order valence-corrected chi connectivity index (χ0v) is 32.9. The van der Waals surface area contributed by atoms with E-state index in [9.17, 15) is 0 Å². The molecule has 0 saturated heterocycles. The normalized spacial score (nSPS) is 12.6. The number of hydrogen-bond acceptors (Lipinski definition) is 3. The van der Waals surface area contributed by atoms with E-state index < -0.39 is 0 Å². The number of aryl methyl sites for hydroxylation is 1. The summed E-state index contributed by atoms with van der Waals surface area (Å²) in [6.07, 6.45) is 6.06. The van der Waals surface area contributed by atoms with Crippen LogP contribution in [-0.4, -0.2) is 19.3 Å². The number of para-hydroxylation sites is 1. The van der Waals surface area contributed by atoms with Crippen LogP contribution in [0.3, 0.4) is 0 Å². The van der Waals surface area contributed by atoms with Gasteiger partial charge in [-0.25, -0.2) is 9.67 Å². The van der Waals surface area contributed by atoms with Crippen LogP contribution in [0, 0.1) is 20.8 Å². The predicted octanol–water partition coefficient (Wildman–Crippen LogP) is 12.6. The molecule has 0 aliphatic rings. The molecule has 266 valence electrons. The SMILES string of the molecule is Cc1ccnc(-n2c3ccccc3c3ccc(Oc4cccc(-n5cc(-c6c(C)c(C(C)(C)C)c(C(C)(C)C)c(C(C)(C)C)c6C)cn5)c4)cc32)c1. The van der Waals surface area contributed by atoms with E-state index in [1.165, 1.54) is 44.3 Å². The molecule has 0 saturated carbocycles. The molecule has 7 aromatic rings. The van der Waals surface area contributed by atoms with Gasteiger partial charge in [-0.1, -0.05) is 86.6 Å². The van der Waals surface area contributed by atoms with Crippen LogP contribution in [-0.2, 0) is 16.2 Å². The highest BCUT2D eigenvalue weighted by Gasteiger charge is 2.36. The average Bonchev–Trinajstić information content (AvgIpc) is 3.66. The van der Waals surface area contributed by atoms with Gasteiger partial charge in [0.05, 0.1) is 22.9 Å². The highest BCUT2D eigenvalue weighted by atomic mass is 16.5. The number of rotatable bonds is 5. The van der Waals surface area contributed by atoms with Gasteiger partial charge in [-0.2, -0.15) is 5.10 Å². The van der Waals surface area contributed by atoms with Crippen molar-refractivity contribution < 1.29 is 4.74 Å². The van der Waals surface area contributed by atoms with E-state index in [0.717, 1.165) is 45.0 Å². The van der Waals surface area contributed by atoms with E-state index >= 15 is 0 Å². The number of aromatic nitrogens is 4. The Morgan fingerprint density at radius 2 is 1.23 bits per heavy atom. The fourth-order valence-corrected chi connectivity index (χ4v) is 8.41. The summed E-state index contributed by atoms with van der Waals surface area (Å²) < 4.78 is 10.8. The molecule has 0 radical (unpaired) electrons. The number of nitrogens with zero attached hydrogens (tertiary/aromatic N) is 4. The number of hydrogen-bond donors (Lipinski definition) is 0. The monoisotopic (exact) mass is 688 g/mol. The van der Waals surface area contributed by atoms with Crippen LogP contribution in [0.25, 0.3) is 44.4 Å². The van der Waals surface area contributed by atoms with Gasteiger partial charge in [-0.3, -0.25) is 4.57 Å². The lowest BCUT2D eigenvalue weighted by Gasteiger charge is -2.40. The van der Waals surface area contributed by atoms with Gasteiger partial charge < -0.3 is 4.74 Å². The number of ether oxygens (including phenoxy) is 1. The lowest BCUT2D eigenvalue weighted by Crippen LogP contribution is -2.30. The van der Waals surface area contributed by atoms with Gasteiger partial charge in [-0.15, -0.1) is 0 Å². The van der Waals surface area contributed by atoms with Crippen molar-refractivity contribution in [3.05, 3.63) is 131 Å². The van der Waals surface area contributed by atoms with Crippen molar-refractivity contribution >= 4 is 21.8 Å². The Morgan fingerprint density at radius 1 is 0.596 bits per heavy atom. The summed E-state index contributed by atoms with van der Waals surface area (Å²) in [6.45, 7) is 27.9. The van der Waals surface area contributed by atoms with Gasteiger partial charge >= 0.3 is 0 Å². The van der Waals surface area contributed by atoms with Crippen molar-refractivity contribution in [2.24, 2.45) is 0 Å². The summed E-state index contributed by atoms with van der Waals surface area (Å²) in [4.78, 5) is 4.74. The lowest BCUT2D eigenvalue weighted by molar-refractivity contribution is 0.483. The Hall–Kier alpha value is -5.16. The third kappa shape index (κ3) is 6.21. The van der Waals surface area contributed by atoms with Gasteiger partial charge in [0.25, 0.3) is 0 Å². The van der Waals surface area contributed by atoms with Crippen LogP contribution in [0.4, 0.5) is 0 Å². The molecule has 0 bridgehead atoms. The number of fused-ring (bicyclic) bond motifs is 3. The van der Waals surface area contributed by atoms with Crippen molar-refractivity contribution in [3.8, 4) is 34.1 Å². The van der Waals surface area contributed by atoms with E-state index in [2.05, 4.69) is 148 Å². The van der Waals surface area contributed by atoms with Crippen LogP contribution >= 0.6 is 0 Å². The van der Waals surface area contributed by atoms with Crippen molar-refractivity contribution in [1.29, 1.82) is 0 Å². The van der Waals surface area contributed by atoms with Crippen LogP contribution < -0.4 is 4.74 Å². The molecule has 0 fully saturated rings. The van der Waals surface area contributed by atoms with E-state index in [1.54, 1.807) is 0 Å². The molecule has 0 aliphatic heterocycles. The van der Waals surface area contributed by atoms with Crippen molar-refractivity contribution in [3.63, 3.8) is 0 Å². The molecular formula is C47H52N4O. The van der Waals surface area contributed by atoms with Gasteiger partial charge in [0.15, 0.2) is 0 Å². The van der Waals surface area contributed by atoms with Crippen molar-refractivity contribution in [2.75, 3.05) is 0 Å². The quantitative estimate of drug-likeness (QED) is 0.181. The first-order valence-electron chi connectivity index (χ1n) is 18.4. The molecule has 0 N–H and O–H groups in total. The van der Waals surface area contributed by atoms with Crippen LogP contribution in [0.15, 0.2) is 97.5 Å². The number of benzene rings is 4. The van der Waals surface area contributed by atoms with E-state index in [4.69, 9.17) is 14.8 Å². The Kier molecular flexibility index (Phi) is 8.48. The van der Waals surface area contributed by atoms with E-state index in [0.29, 0.717) is 0 Å². The minimum Gasteiger partial charge on any atom is -0.457 e. The lowest BCUT2D eigenvalue weighted by atomic mass is 9.64. The molecular weight excluding hydrogens is 637 g/mol. The molecule has 52 heavy (non-hydrogen) atoms. The van der Waals surface area contributed by atoms with Crippen molar-refractivity contribution in [1.82, 2.24) is 19.3 Å². The molecule has 3 aromatic heterocycles. The molecule has 3 heterocycles. The Bertz CT molecular complexity index is 2430. The van der Waals surface area contributed by atoms with E-state index in [-0.39, 0.29) is 16.2 Å². The smallest absolute Gasteiger partial charge is 0.137 e. The average molecular weight is 689 g/mol. The minimum absolute atomic E-state index is 0.00245. The second kappa shape index (κ2) is 12.5. The zero-order valence-electron chi connectivity index (χ0n) is 32.9. The fraction of sp³-hybridized carbons (Fsp3) is 0.319. The third-order valence-electron chi connectivity index (χ3n) is 10.2. The molecule has 7 rings (SSSR count). The van der Waals surface area contributed by atoms with Gasteiger partial charge in [-0.05, 0) is 118 Å². The molecule has 5 nitrogen and oxygen atoms in total. The summed E-state index contributed by atoms with van der Waals surface area (Å²) in [5.74, 6) is 2.40. The second-order valence-electron chi connectivity index (χ2n) is 17.5. The first-order valence-corrected chi connectivity index (χ1v) is 18.4. The summed E-state index contributed by atoms with van der Waals surface area (Å²) in [5.41, 5.74) is 13.7. The van der Waals surface area contributed by atoms with Crippen LogP contribution in [0.5, 0.6) is 11.5 Å². The topological polar surface area (TPSA) is 44.9 Å². The summed E-state index contributed by atoms with van der Waals surface area (Å²) in [7, 11) is 0. The summed E-state index contributed by atoms with van der Waals surface area (Å²) in [5, 5.41) is 7.26. The van der Waals surface area contributed by atoms with Crippen LogP contribution in [0.2, 0.25) is 0 Å². The van der Waals surface area contributed by atoms with Gasteiger partial charge in [0.2, 0.25) is 0 Å². The van der Waals surface area contributed by atoms with Gasteiger partial charge in [0.1, 0.15) is 17.3 Å². The molecule has 0 unspecified atom stereocenters. The maximum Gasteiger partial charge on any atom is 0.137 e. The molecule has 5 heteroatoms. The molecule has 0 spiro atoms. The maximum atomic E-state index is 6.57. The second-order valence-corrected chi connectivity index (χ2v) is 17.5. The number of pyridine rings is 1. The van der Waals surface area contributed by atoms with Gasteiger partial charge in [0, 0.05) is 40.9 Å². The first kappa shape index (κ1) is 35.3. The van der Waals surface area contributed by atoms with E-state index in [1.807, 2.05) is 41.3 Å². The maximum absolute atomic E-state index is 6.57. The predicted molar refractivity (Wildman–Crippen MR) is 218 cm³/mol. The van der Waals surface area contributed by atoms with Crippen LogP contribution in [0.1, 0.15) is 95.7 Å². The molecule has 0 atom stereocenters. The first-order chi connectivity index (χ1) is 24.4. The summed E-state index contributed by atoms with van der Waals surface area (Å²) >= 11 is 0. The Morgan fingerprint density at radius 3 is 1.88 bits per heavy atom. The molecule has 0 amide bonds. The minimum atomic E-state index is -0.0231. The Labute approximate surface area is 309 Å². The highest BCUT2D eigenvalue weighted by molar-refractivity contribution is 6.09. The fourth-order valence-electron chi connectivity index (χ4n) is 8.41. The largest absolute Gasteiger partial charge is 0.457 e. The summed E-state index contributed by atoms with van der Waals surface area (Å²) in [6, 6.07) is 27.1. The zero-order chi connectivity index (χ0) is 37.3. The van der Waals surface area contributed by atoms with Crippen molar-refractivity contribution in [2.45, 2.75) is 99.3 Å². The Balaban J connectivity index is 1.28. The third-order valence-corrected chi connectivity index (χ3v) is 10.2. The highest BCUT2D eigenvalue weighted by Crippen LogP contribution is 2.48. The standard InChI is InChI=1S/C47H52N4O/c1-29-22-23-48-40(24-29)51-38-19-14-13-18-36(38)37-21-20-35(26-39(37)51)52-34-17-15-16-33(25-34)50-28-32(27-49-50)41-30(2)42(45(4,5)6)44(47(10,11)12)43(31(41)3)46(7,8)9/h13-28H,1-12H3. The molecule has 4 aromatic carbocycles.